The molecule has 0 unspecified atom stereocenters. The van der Waals surface area contributed by atoms with E-state index in [4.69, 9.17) is 5.73 Å². The predicted octanol–water partition coefficient (Wildman–Crippen LogP) is 3.31. The predicted molar refractivity (Wildman–Crippen MR) is 75.0 cm³/mol. The summed E-state index contributed by atoms with van der Waals surface area (Å²) in [6.45, 7) is 7.28. The number of hydrogen-bond donors (Lipinski definition) is 2. The number of rotatable bonds is 2. The van der Waals surface area contributed by atoms with Crippen molar-refractivity contribution in [3.05, 3.63) is 42.0 Å². The number of anilines is 1. The average Bonchev–Trinajstić information content (AvgIpc) is 2.25. The lowest BCUT2D eigenvalue weighted by atomic mass is 10.0. The Morgan fingerprint density at radius 2 is 1.65 bits per heavy atom. The van der Waals surface area contributed by atoms with Gasteiger partial charge in [0.25, 0.3) is 0 Å². The highest BCUT2D eigenvalue weighted by atomic mass is 14.9. The zero-order valence-corrected chi connectivity index (χ0v) is 10.7. The Morgan fingerprint density at radius 1 is 1.06 bits per heavy atom. The average molecular weight is 228 g/mol. The molecule has 0 saturated carbocycles. The van der Waals surface area contributed by atoms with Crippen LogP contribution < -0.4 is 11.1 Å². The van der Waals surface area contributed by atoms with Crippen molar-refractivity contribution in [2.75, 3.05) is 5.73 Å². The van der Waals surface area contributed by atoms with Crippen molar-refractivity contribution in [2.24, 2.45) is 0 Å². The van der Waals surface area contributed by atoms with Crippen LogP contribution in [0.4, 0.5) is 5.69 Å². The second-order valence-corrected chi connectivity index (χ2v) is 5.50. The van der Waals surface area contributed by atoms with Gasteiger partial charge in [-0.1, -0.05) is 24.3 Å². The summed E-state index contributed by atoms with van der Waals surface area (Å²) in [4.78, 5) is 0. The van der Waals surface area contributed by atoms with Gasteiger partial charge in [0.05, 0.1) is 0 Å². The van der Waals surface area contributed by atoms with E-state index in [0.29, 0.717) is 0 Å². The Labute approximate surface area is 103 Å². The Kier molecular flexibility index (Phi) is 3.07. The topological polar surface area (TPSA) is 38.0 Å². The molecule has 0 aliphatic rings. The second-order valence-electron chi connectivity index (χ2n) is 5.50. The minimum atomic E-state index is 0.109. The Morgan fingerprint density at radius 3 is 2.24 bits per heavy atom. The van der Waals surface area contributed by atoms with Gasteiger partial charge in [-0.15, -0.1) is 0 Å². The fourth-order valence-corrected chi connectivity index (χ4v) is 1.82. The molecule has 2 aromatic rings. The molecular weight excluding hydrogens is 208 g/mol. The van der Waals surface area contributed by atoms with Gasteiger partial charge in [-0.2, -0.15) is 0 Å². The summed E-state index contributed by atoms with van der Waals surface area (Å²) < 4.78 is 0. The van der Waals surface area contributed by atoms with Crippen LogP contribution in [-0.2, 0) is 6.54 Å². The van der Waals surface area contributed by atoms with Crippen LogP contribution in [-0.4, -0.2) is 5.54 Å². The lowest BCUT2D eigenvalue weighted by Crippen LogP contribution is -2.35. The number of nitrogens with one attached hydrogen (secondary N) is 1. The van der Waals surface area contributed by atoms with Gasteiger partial charge >= 0.3 is 0 Å². The molecule has 0 bridgehead atoms. The van der Waals surface area contributed by atoms with Crippen molar-refractivity contribution >= 4 is 16.5 Å². The second kappa shape index (κ2) is 4.38. The number of benzene rings is 2. The van der Waals surface area contributed by atoms with Gasteiger partial charge in [-0.3, -0.25) is 0 Å². The van der Waals surface area contributed by atoms with E-state index in [1.54, 1.807) is 0 Å². The summed E-state index contributed by atoms with van der Waals surface area (Å²) in [5.41, 5.74) is 8.21. The summed E-state index contributed by atoms with van der Waals surface area (Å²) in [7, 11) is 0. The first-order chi connectivity index (χ1) is 7.96. The van der Waals surface area contributed by atoms with Gasteiger partial charge in [0.2, 0.25) is 0 Å². The molecule has 0 fully saturated rings. The largest absolute Gasteiger partial charge is 0.398 e. The number of fused-ring (bicyclic) bond motifs is 1. The zero-order valence-electron chi connectivity index (χ0n) is 10.7. The first-order valence-corrected chi connectivity index (χ1v) is 5.98. The molecule has 17 heavy (non-hydrogen) atoms. The SMILES string of the molecule is CC(C)(C)NCc1cc2ccccc2cc1N. The summed E-state index contributed by atoms with van der Waals surface area (Å²) >= 11 is 0. The minimum Gasteiger partial charge on any atom is -0.398 e. The monoisotopic (exact) mass is 228 g/mol. The van der Waals surface area contributed by atoms with E-state index in [2.05, 4.69) is 56.4 Å². The molecule has 2 aromatic carbocycles. The van der Waals surface area contributed by atoms with Crippen LogP contribution in [0.1, 0.15) is 26.3 Å². The Balaban J connectivity index is 2.31. The van der Waals surface area contributed by atoms with E-state index in [1.807, 2.05) is 6.07 Å². The fourth-order valence-electron chi connectivity index (χ4n) is 1.82. The highest BCUT2D eigenvalue weighted by Crippen LogP contribution is 2.22. The van der Waals surface area contributed by atoms with Gasteiger partial charge in [-0.05, 0) is 49.2 Å². The van der Waals surface area contributed by atoms with Crippen LogP contribution >= 0.6 is 0 Å². The van der Waals surface area contributed by atoms with E-state index >= 15 is 0 Å². The molecule has 0 aliphatic heterocycles. The van der Waals surface area contributed by atoms with Gasteiger partial charge in [0.15, 0.2) is 0 Å². The van der Waals surface area contributed by atoms with E-state index in [1.165, 1.54) is 16.3 Å². The van der Waals surface area contributed by atoms with Gasteiger partial charge < -0.3 is 11.1 Å². The molecule has 2 rings (SSSR count). The van der Waals surface area contributed by atoms with Crippen LogP contribution in [0.25, 0.3) is 10.8 Å². The summed E-state index contributed by atoms with van der Waals surface area (Å²) in [5, 5.41) is 5.91. The lowest BCUT2D eigenvalue weighted by molar-refractivity contribution is 0.425. The lowest BCUT2D eigenvalue weighted by Gasteiger charge is -2.21. The molecule has 0 amide bonds. The van der Waals surface area contributed by atoms with Crippen LogP contribution in [0.3, 0.4) is 0 Å². The molecule has 2 nitrogen and oxygen atoms in total. The highest BCUT2D eigenvalue weighted by molar-refractivity contribution is 5.86. The highest BCUT2D eigenvalue weighted by Gasteiger charge is 2.10. The van der Waals surface area contributed by atoms with Crippen LogP contribution in [0.15, 0.2) is 36.4 Å². The normalized spacial score (nSPS) is 11.9. The third-order valence-corrected chi connectivity index (χ3v) is 2.82. The maximum absolute atomic E-state index is 6.08. The van der Waals surface area contributed by atoms with Gasteiger partial charge in [0.1, 0.15) is 0 Å². The zero-order chi connectivity index (χ0) is 12.5. The number of nitrogen functional groups attached to an aromatic ring is 1. The van der Waals surface area contributed by atoms with E-state index in [9.17, 15) is 0 Å². The van der Waals surface area contributed by atoms with Crippen LogP contribution in [0, 0.1) is 0 Å². The molecule has 0 saturated heterocycles. The smallest absolute Gasteiger partial charge is 0.0366 e. The number of nitrogens with two attached hydrogens (primary N) is 1. The maximum Gasteiger partial charge on any atom is 0.0366 e. The van der Waals surface area contributed by atoms with Crippen LogP contribution in [0.5, 0.6) is 0 Å². The fraction of sp³-hybridized carbons (Fsp3) is 0.333. The molecule has 0 spiro atoms. The molecule has 3 N–H and O–H groups in total. The van der Waals surface area contributed by atoms with E-state index in [-0.39, 0.29) is 5.54 Å². The first-order valence-electron chi connectivity index (χ1n) is 5.98. The quantitative estimate of drug-likeness (QED) is 0.774. The molecular formula is C15H20N2. The Hall–Kier alpha value is -1.54. The molecule has 90 valence electrons. The summed E-state index contributed by atoms with van der Waals surface area (Å²) in [6, 6.07) is 12.5. The first kappa shape index (κ1) is 11.9. The molecule has 0 heterocycles. The number of hydrogen-bond acceptors (Lipinski definition) is 2. The molecule has 0 radical (unpaired) electrons. The van der Waals surface area contributed by atoms with Crippen molar-refractivity contribution in [1.82, 2.24) is 5.32 Å². The molecule has 0 aromatic heterocycles. The van der Waals surface area contributed by atoms with Crippen molar-refractivity contribution in [1.29, 1.82) is 0 Å². The third kappa shape index (κ3) is 2.98. The van der Waals surface area contributed by atoms with E-state index in [0.717, 1.165) is 12.2 Å². The summed E-state index contributed by atoms with van der Waals surface area (Å²) in [5.74, 6) is 0. The molecule has 0 aliphatic carbocycles. The maximum atomic E-state index is 6.08. The van der Waals surface area contributed by atoms with Crippen molar-refractivity contribution < 1.29 is 0 Å². The van der Waals surface area contributed by atoms with Crippen molar-refractivity contribution in [2.45, 2.75) is 32.9 Å². The standard InChI is InChI=1S/C15H20N2/c1-15(2,3)17-10-13-8-11-6-4-5-7-12(11)9-14(13)16/h4-9,17H,10,16H2,1-3H3. The Bertz CT molecular complexity index is 524. The molecule has 0 atom stereocenters. The van der Waals surface area contributed by atoms with Crippen molar-refractivity contribution in [3.63, 3.8) is 0 Å². The van der Waals surface area contributed by atoms with Crippen LogP contribution in [0.2, 0.25) is 0 Å². The van der Waals surface area contributed by atoms with Gasteiger partial charge in [-0.25, -0.2) is 0 Å². The molecule has 2 heteroatoms. The van der Waals surface area contributed by atoms with E-state index < -0.39 is 0 Å². The minimum absolute atomic E-state index is 0.109. The summed E-state index contributed by atoms with van der Waals surface area (Å²) in [6.07, 6.45) is 0. The van der Waals surface area contributed by atoms with Crippen molar-refractivity contribution in [3.8, 4) is 0 Å². The third-order valence-electron chi connectivity index (χ3n) is 2.82. The van der Waals surface area contributed by atoms with Gasteiger partial charge in [0, 0.05) is 17.8 Å².